The Kier molecular flexibility index (Phi) is 6.58. The number of halogens is 1. The van der Waals surface area contributed by atoms with Crippen molar-refractivity contribution < 1.29 is 14.7 Å². The molecule has 0 aliphatic heterocycles. The van der Waals surface area contributed by atoms with E-state index in [0.29, 0.717) is 6.42 Å². The molecule has 2 atom stereocenters. The monoisotopic (exact) mass is 378 g/mol. The second kappa shape index (κ2) is 8.44. The summed E-state index contributed by atoms with van der Waals surface area (Å²) in [6.07, 6.45) is 6.58. The quantitative estimate of drug-likeness (QED) is 0.530. The van der Waals surface area contributed by atoms with Crippen LogP contribution in [-0.4, -0.2) is 16.9 Å². The average molecular weight is 379 g/mol. The van der Waals surface area contributed by atoms with E-state index in [9.17, 15) is 9.59 Å². The van der Waals surface area contributed by atoms with Crippen LogP contribution in [0.5, 0.6) is 0 Å². The molecule has 23 heavy (non-hydrogen) atoms. The zero-order valence-electron chi connectivity index (χ0n) is 13.4. The van der Waals surface area contributed by atoms with Gasteiger partial charge in [-0.25, -0.2) is 0 Å². The summed E-state index contributed by atoms with van der Waals surface area (Å²) in [5, 5.41) is 9.12. The molecule has 124 valence electrons. The van der Waals surface area contributed by atoms with Crippen LogP contribution < -0.4 is 0 Å². The van der Waals surface area contributed by atoms with Crippen molar-refractivity contribution >= 4 is 33.8 Å². The Labute approximate surface area is 145 Å². The fraction of sp³-hybridized carbons (Fsp3) is 0.474. The molecule has 0 saturated heterocycles. The SMILES string of the molecule is CCCCC[C@@H]1C(=O)C(=Cc2ccc(Br)cc2)C[C@H]1CC(=O)O. The Morgan fingerprint density at radius 1 is 1.30 bits per heavy atom. The highest BCUT2D eigenvalue weighted by molar-refractivity contribution is 9.10. The second-order valence-electron chi connectivity index (χ2n) is 6.25. The lowest BCUT2D eigenvalue weighted by Crippen LogP contribution is -2.18. The maximum absolute atomic E-state index is 12.7. The van der Waals surface area contributed by atoms with Crippen molar-refractivity contribution in [3.05, 3.63) is 39.9 Å². The van der Waals surface area contributed by atoms with Gasteiger partial charge in [-0.1, -0.05) is 54.2 Å². The molecule has 2 rings (SSSR count). The van der Waals surface area contributed by atoms with Gasteiger partial charge in [-0.05, 0) is 48.1 Å². The first-order chi connectivity index (χ1) is 11.0. The molecule has 1 aromatic rings. The summed E-state index contributed by atoms with van der Waals surface area (Å²) in [5.41, 5.74) is 1.76. The number of ketones is 1. The molecule has 1 fully saturated rings. The van der Waals surface area contributed by atoms with Gasteiger partial charge in [0.15, 0.2) is 5.78 Å². The normalized spacial score (nSPS) is 22.7. The van der Waals surface area contributed by atoms with Crippen LogP contribution in [-0.2, 0) is 9.59 Å². The Hall–Kier alpha value is -1.42. The number of benzene rings is 1. The van der Waals surface area contributed by atoms with Crippen LogP contribution in [0.3, 0.4) is 0 Å². The van der Waals surface area contributed by atoms with E-state index in [-0.39, 0.29) is 24.0 Å². The molecule has 0 unspecified atom stereocenters. The zero-order chi connectivity index (χ0) is 16.8. The van der Waals surface area contributed by atoms with Gasteiger partial charge in [0.05, 0.1) is 0 Å². The average Bonchev–Trinajstić information content (AvgIpc) is 2.78. The van der Waals surface area contributed by atoms with E-state index < -0.39 is 5.97 Å². The molecule has 1 saturated carbocycles. The fourth-order valence-corrected chi connectivity index (χ4v) is 3.55. The standard InChI is InChI=1S/C19H23BrO3/c1-2-3-4-5-17-14(12-18(21)22)11-15(19(17)23)10-13-6-8-16(20)9-7-13/h6-10,14,17H,2-5,11-12H2,1H3,(H,21,22)/t14-,17-/m0/s1. The first-order valence-electron chi connectivity index (χ1n) is 8.23. The molecule has 3 nitrogen and oxygen atoms in total. The molecule has 1 aliphatic rings. The molecule has 1 N–H and O–H groups in total. The van der Waals surface area contributed by atoms with E-state index in [1.54, 1.807) is 0 Å². The molecule has 1 aromatic carbocycles. The van der Waals surface area contributed by atoms with E-state index in [0.717, 1.165) is 41.3 Å². The van der Waals surface area contributed by atoms with Gasteiger partial charge in [-0.3, -0.25) is 9.59 Å². The molecule has 0 heterocycles. The largest absolute Gasteiger partial charge is 0.481 e. The van der Waals surface area contributed by atoms with E-state index in [1.165, 1.54) is 0 Å². The van der Waals surface area contributed by atoms with Crippen LogP contribution in [0.25, 0.3) is 6.08 Å². The van der Waals surface area contributed by atoms with Crippen molar-refractivity contribution in [3.63, 3.8) is 0 Å². The van der Waals surface area contributed by atoms with Crippen LogP contribution in [0.15, 0.2) is 34.3 Å². The minimum atomic E-state index is -0.812. The number of allylic oxidation sites excluding steroid dienone is 1. The number of carboxylic acids is 1. The lowest BCUT2D eigenvalue weighted by molar-refractivity contribution is -0.138. The number of rotatable bonds is 7. The third-order valence-electron chi connectivity index (χ3n) is 4.47. The number of aliphatic carboxylic acids is 1. The van der Waals surface area contributed by atoms with Gasteiger partial charge in [-0.15, -0.1) is 0 Å². The summed E-state index contributed by atoms with van der Waals surface area (Å²) in [6.45, 7) is 2.13. The molecule has 1 aliphatic carbocycles. The summed E-state index contributed by atoms with van der Waals surface area (Å²) < 4.78 is 0.999. The van der Waals surface area contributed by atoms with Gasteiger partial charge < -0.3 is 5.11 Å². The number of carbonyl (C=O) groups is 2. The lowest BCUT2D eigenvalue weighted by Gasteiger charge is -2.15. The van der Waals surface area contributed by atoms with Crippen molar-refractivity contribution in [2.45, 2.75) is 45.4 Å². The first kappa shape index (κ1) is 17.9. The predicted molar refractivity (Wildman–Crippen MR) is 95.1 cm³/mol. The molecule has 0 bridgehead atoms. The van der Waals surface area contributed by atoms with Crippen LogP contribution >= 0.6 is 15.9 Å². The van der Waals surface area contributed by atoms with Crippen LogP contribution in [0, 0.1) is 11.8 Å². The molecule has 4 heteroatoms. The highest BCUT2D eigenvalue weighted by Gasteiger charge is 2.38. The maximum Gasteiger partial charge on any atom is 0.303 e. The summed E-state index contributed by atoms with van der Waals surface area (Å²) >= 11 is 3.40. The van der Waals surface area contributed by atoms with Crippen LogP contribution in [0.4, 0.5) is 0 Å². The minimum Gasteiger partial charge on any atom is -0.481 e. The maximum atomic E-state index is 12.7. The highest BCUT2D eigenvalue weighted by Crippen LogP contribution is 2.39. The van der Waals surface area contributed by atoms with Gasteiger partial charge in [0.2, 0.25) is 0 Å². The van der Waals surface area contributed by atoms with E-state index >= 15 is 0 Å². The molecule has 0 amide bonds. The molecular weight excluding hydrogens is 356 g/mol. The van der Waals surface area contributed by atoms with Crippen molar-refractivity contribution in [1.29, 1.82) is 0 Å². The summed E-state index contributed by atoms with van der Waals surface area (Å²) in [7, 11) is 0. The highest BCUT2D eigenvalue weighted by atomic mass is 79.9. The van der Waals surface area contributed by atoms with Gasteiger partial charge in [-0.2, -0.15) is 0 Å². The van der Waals surface area contributed by atoms with Crippen molar-refractivity contribution in [2.24, 2.45) is 11.8 Å². The van der Waals surface area contributed by atoms with E-state index in [2.05, 4.69) is 22.9 Å². The second-order valence-corrected chi connectivity index (χ2v) is 7.17. The zero-order valence-corrected chi connectivity index (χ0v) is 15.0. The van der Waals surface area contributed by atoms with Crippen LogP contribution in [0.1, 0.15) is 51.0 Å². The summed E-state index contributed by atoms with van der Waals surface area (Å²) in [6, 6.07) is 7.81. The fourth-order valence-electron chi connectivity index (χ4n) is 3.29. The van der Waals surface area contributed by atoms with Gasteiger partial charge in [0.1, 0.15) is 0 Å². The lowest BCUT2D eigenvalue weighted by atomic mass is 9.88. The number of unbranched alkanes of at least 4 members (excludes halogenated alkanes) is 2. The Morgan fingerprint density at radius 2 is 2.00 bits per heavy atom. The Balaban J connectivity index is 2.16. The molecule has 0 radical (unpaired) electrons. The van der Waals surface area contributed by atoms with Crippen molar-refractivity contribution in [3.8, 4) is 0 Å². The molecule has 0 aromatic heterocycles. The van der Waals surface area contributed by atoms with E-state index in [4.69, 9.17) is 5.11 Å². The third-order valence-corrected chi connectivity index (χ3v) is 5.00. The molecule has 0 spiro atoms. The predicted octanol–water partition coefficient (Wildman–Crippen LogP) is 5.09. The van der Waals surface area contributed by atoms with Crippen molar-refractivity contribution in [1.82, 2.24) is 0 Å². The van der Waals surface area contributed by atoms with Crippen LogP contribution in [0.2, 0.25) is 0 Å². The minimum absolute atomic E-state index is 0.0569. The Bertz CT molecular complexity index is 589. The number of hydrogen-bond acceptors (Lipinski definition) is 2. The summed E-state index contributed by atoms with van der Waals surface area (Å²) in [5.74, 6) is -0.846. The third kappa shape index (κ3) is 5.03. The van der Waals surface area contributed by atoms with Crippen molar-refractivity contribution in [2.75, 3.05) is 0 Å². The topological polar surface area (TPSA) is 54.4 Å². The number of hydrogen-bond donors (Lipinski definition) is 1. The first-order valence-corrected chi connectivity index (χ1v) is 9.02. The Morgan fingerprint density at radius 3 is 2.61 bits per heavy atom. The van der Waals surface area contributed by atoms with Gasteiger partial charge in [0, 0.05) is 16.8 Å². The molecular formula is C19H23BrO3. The number of carbonyl (C=O) groups excluding carboxylic acids is 1. The van der Waals surface area contributed by atoms with Gasteiger partial charge >= 0.3 is 5.97 Å². The van der Waals surface area contributed by atoms with Gasteiger partial charge in [0.25, 0.3) is 0 Å². The summed E-state index contributed by atoms with van der Waals surface area (Å²) in [4.78, 5) is 23.8. The number of Topliss-reactive ketones (excluding diaryl/α,β-unsaturated/α-hetero) is 1. The van der Waals surface area contributed by atoms with E-state index in [1.807, 2.05) is 30.3 Å². The number of carboxylic acid groups (broad SMARTS) is 1. The smallest absolute Gasteiger partial charge is 0.303 e.